The average Bonchev–Trinajstić information content (AvgIpc) is 3.15. The number of nitrogens with one attached hydrogen (secondary N) is 1. The molecule has 2 rings (SSSR count). The Morgan fingerprint density at radius 1 is 1.38 bits per heavy atom. The molecule has 0 spiro atoms. The third-order valence-electron chi connectivity index (χ3n) is 3.89. The van der Waals surface area contributed by atoms with Crippen molar-refractivity contribution in [2.75, 3.05) is 13.2 Å². The third-order valence-corrected chi connectivity index (χ3v) is 6.26. The smallest absolute Gasteiger partial charge is 0.259 e. The van der Waals surface area contributed by atoms with E-state index in [0.29, 0.717) is 19.4 Å². The molecular weight excluding hydrogens is 346 g/mol. The molecule has 0 bridgehead atoms. The second-order valence-electron chi connectivity index (χ2n) is 6.11. The van der Waals surface area contributed by atoms with Gasteiger partial charge < -0.3 is 9.67 Å². The molecule has 0 unspecified atom stereocenters. The lowest BCUT2D eigenvalue weighted by atomic mass is 10.0. The standard InChI is InChI=1S/C16H25N3O3S2/c1-12(2)16-18-15(11-19(16)3)24(21,22)17-8-6-13(7-9-20)14-5-4-10-23-14/h4-5,10-13,17,20H,6-9H2,1-3H3/t13-/m1/s1. The normalized spacial score (nSPS) is 13.5. The van der Waals surface area contributed by atoms with Crippen LogP contribution in [0.3, 0.4) is 0 Å². The summed E-state index contributed by atoms with van der Waals surface area (Å²) in [4.78, 5) is 5.41. The summed E-state index contributed by atoms with van der Waals surface area (Å²) in [6.07, 6.45) is 2.82. The number of aryl methyl sites for hydroxylation is 1. The van der Waals surface area contributed by atoms with Crippen LogP contribution in [0.4, 0.5) is 0 Å². The second-order valence-corrected chi connectivity index (χ2v) is 8.81. The molecule has 0 aromatic carbocycles. The Bertz CT molecular complexity index is 737. The van der Waals surface area contributed by atoms with Gasteiger partial charge in [0.25, 0.3) is 10.0 Å². The highest BCUT2D eigenvalue weighted by Crippen LogP contribution is 2.27. The third kappa shape index (κ3) is 4.66. The van der Waals surface area contributed by atoms with Crippen molar-refractivity contribution in [3.63, 3.8) is 0 Å². The van der Waals surface area contributed by atoms with Crippen molar-refractivity contribution < 1.29 is 13.5 Å². The summed E-state index contributed by atoms with van der Waals surface area (Å²) < 4.78 is 29.2. The number of rotatable bonds is 9. The summed E-state index contributed by atoms with van der Waals surface area (Å²) in [6, 6.07) is 3.99. The zero-order valence-corrected chi connectivity index (χ0v) is 15.9. The first-order valence-corrected chi connectivity index (χ1v) is 10.4. The van der Waals surface area contributed by atoms with E-state index in [9.17, 15) is 13.5 Å². The maximum absolute atomic E-state index is 12.4. The van der Waals surface area contributed by atoms with Crippen LogP contribution in [0.2, 0.25) is 0 Å². The van der Waals surface area contributed by atoms with Gasteiger partial charge in [-0.1, -0.05) is 19.9 Å². The lowest BCUT2D eigenvalue weighted by molar-refractivity contribution is 0.273. The van der Waals surface area contributed by atoms with Crippen LogP contribution in [0.15, 0.2) is 28.7 Å². The maximum Gasteiger partial charge on any atom is 0.259 e. The Balaban J connectivity index is 2.00. The Kier molecular flexibility index (Phi) is 6.56. The van der Waals surface area contributed by atoms with E-state index in [1.54, 1.807) is 29.1 Å². The van der Waals surface area contributed by atoms with Crippen LogP contribution >= 0.6 is 11.3 Å². The minimum atomic E-state index is -3.62. The van der Waals surface area contributed by atoms with E-state index in [0.717, 1.165) is 5.82 Å². The highest BCUT2D eigenvalue weighted by atomic mass is 32.2. The summed E-state index contributed by atoms with van der Waals surface area (Å²) in [5.74, 6) is 1.06. The van der Waals surface area contributed by atoms with E-state index in [1.165, 1.54) is 4.88 Å². The van der Waals surface area contributed by atoms with Crippen molar-refractivity contribution in [3.8, 4) is 0 Å². The van der Waals surface area contributed by atoms with E-state index in [1.807, 2.05) is 31.4 Å². The number of hydrogen-bond acceptors (Lipinski definition) is 5. The summed E-state index contributed by atoms with van der Waals surface area (Å²) in [7, 11) is -1.81. The minimum Gasteiger partial charge on any atom is -0.396 e. The SMILES string of the molecule is CC(C)c1nc(S(=O)(=O)NCC[C@H](CCO)c2cccs2)cn1C. The first kappa shape index (κ1) is 19.1. The fourth-order valence-electron chi connectivity index (χ4n) is 2.67. The van der Waals surface area contributed by atoms with Gasteiger partial charge in [-0.15, -0.1) is 11.3 Å². The van der Waals surface area contributed by atoms with Gasteiger partial charge in [-0.3, -0.25) is 0 Å². The van der Waals surface area contributed by atoms with E-state index >= 15 is 0 Å². The van der Waals surface area contributed by atoms with Crippen LogP contribution in [0.25, 0.3) is 0 Å². The highest BCUT2D eigenvalue weighted by Gasteiger charge is 2.21. The predicted octanol–water partition coefficient (Wildman–Crippen LogP) is 2.44. The summed E-state index contributed by atoms with van der Waals surface area (Å²) in [6.45, 7) is 4.37. The second kappa shape index (κ2) is 8.24. The van der Waals surface area contributed by atoms with Crippen molar-refractivity contribution in [2.24, 2.45) is 7.05 Å². The highest BCUT2D eigenvalue weighted by molar-refractivity contribution is 7.89. The number of aliphatic hydroxyl groups is 1. The van der Waals surface area contributed by atoms with Crippen LogP contribution in [-0.4, -0.2) is 36.2 Å². The lowest BCUT2D eigenvalue weighted by Crippen LogP contribution is -2.26. The van der Waals surface area contributed by atoms with Gasteiger partial charge in [-0.25, -0.2) is 18.1 Å². The van der Waals surface area contributed by atoms with Crippen molar-refractivity contribution in [2.45, 2.75) is 43.6 Å². The number of nitrogens with zero attached hydrogens (tertiary/aromatic N) is 2. The summed E-state index contributed by atoms with van der Waals surface area (Å²) in [5.41, 5.74) is 0. The molecule has 0 saturated carbocycles. The number of sulfonamides is 1. The first-order valence-electron chi connectivity index (χ1n) is 8.02. The molecule has 2 heterocycles. The minimum absolute atomic E-state index is 0.0588. The van der Waals surface area contributed by atoms with Crippen molar-refractivity contribution in [3.05, 3.63) is 34.4 Å². The van der Waals surface area contributed by atoms with Crippen molar-refractivity contribution in [1.82, 2.24) is 14.3 Å². The molecule has 0 amide bonds. The van der Waals surface area contributed by atoms with Gasteiger partial charge in [-0.05, 0) is 30.2 Å². The fourth-order valence-corrected chi connectivity index (χ4v) is 4.61. The monoisotopic (exact) mass is 371 g/mol. The fraction of sp³-hybridized carbons (Fsp3) is 0.562. The zero-order valence-electron chi connectivity index (χ0n) is 14.3. The quantitative estimate of drug-likeness (QED) is 0.709. The summed E-state index contributed by atoms with van der Waals surface area (Å²) in [5, 5.41) is 11.3. The zero-order chi connectivity index (χ0) is 17.7. The Labute approximate surface area is 147 Å². The molecule has 24 heavy (non-hydrogen) atoms. The Morgan fingerprint density at radius 3 is 2.67 bits per heavy atom. The van der Waals surface area contributed by atoms with Crippen molar-refractivity contribution >= 4 is 21.4 Å². The molecule has 0 saturated heterocycles. The van der Waals surface area contributed by atoms with Gasteiger partial charge in [0.15, 0.2) is 5.03 Å². The van der Waals surface area contributed by atoms with Crippen LogP contribution in [0, 0.1) is 0 Å². The molecule has 6 nitrogen and oxygen atoms in total. The van der Waals surface area contributed by atoms with Gasteiger partial charge in [0.1, 0.15) is 5.82 Å². The first-order chi connectivity index (χ1) is 11.3. The van der Waals surface area contributed by atoms with Crippen LogP contribution < -0.4 is 4.72 Å². The maximum atomic E-state index is 12.4. The van der Waals surface area contributed by atoms with Crippen LogP contribution in [0.5, 0.6) is 0 Å². The molecule has 0 radical (unpaired) electrons. The summed E-state index contributed by atoms with van der Waals surface area (Å²) >= 11 is 1.63. The molecule has 0 aliphatic carbocycles. The number of aromatic nitrogens is 2. The predicted molar refractivity (Wildman–Crippen MR) is 95.9 cm³/mol. The van der Waals surface area contributed by atoms with E-state index in [4.69, 9.17) is 0 Å². The molecular formula is C16H25N3O3S2. The topological polar surface area (TPSA) is 84.2 Å². The molecule has 0 fully saturated rings. The molecule has 8 heteroatoms. The Hall–Kier alpha value is -1.22. The lowest BCUT2D eigenvalue weighted by Gasteiger charge is -2.14. The van der Waals surface area contributed by atoms with E-state index in [-0.39, 0.29) is 23.5 Å². The molecule has 2 aromatic heterocycles. The van der Waals surface area contributed by atoms with Crippen LogP contribution in [0.1, 0.15) is 49.2 Å². The number of hydrogen-bond donors (Lipinski definition) is 2. The van der Waals surface area contributed by atoms with E-state index < -0.39 is 10.0 Å². The van der Waals surface area contributed by atoms with Gasteiger partial charge in [0.2, 0.25) is 0 Å². The van der Waals surface area contributed by atoms with Gasteiger partial charge in [-0.2, -0.15) is 0 Å². The Morgan fingerprint density at radius 2 is 2.12 bits per heavy atom. The molecule has 134 valence electrons. The van der Waals surface area contributed by atoms with Gasteiger partial charge in [0.05, 0.1) is 0 Å². The molecule has 2 N–H and O–H groups in total. The van der Waals surface area contributed by atoms with Gasteiger partial charge in [0, 0.05) is 37.2 Å². The molecule has 0 aliphatic rings. The molecule has 0 aliphatic heterocycles. The molecule has 2 aromatic rings. The largest absolute Gasteiger partial charge is 0.396 e. The molecule has 1 atom stereocenters. The van der Waals surface area contributed by atoms with E-state index in [2.05, 4.69) is 9.71 Å². The number of imidazole rings is 1. The van der Waals surface area contributed by atoms with Crippen LogP contribution in [-0.2, 0) is 17.1 Å². The average molecular weight is 372 g/mol. The van der Waals surface area contributed by atoms with Crippen molar-refractivity contribution in [1.29, 1.82) is 0 Å². The van der Waals surface area contributed by atoms with Gasteiger partial charge >= 0.3 is 0 Å². The number of aliphatic hydroxyl groups excluding tert-OH is 1. The number of thiophene rings is 1.